The quantitative estimate of drug-likeness (QED) is 0.586. The molecule has 4 rings (SSSR count). The summed E-state index contributed by atoms with van der Waals surface area (Å²) < 4.78 is 11.1. The van der Waals surface area contributed by atoms with E-state index in [1.807, 2.05) is 0 Å². The Morgan fingerprint density at radius 3 is 2.86 bits per heavy atom. The number of hydrogen-bond acceptors (Lipinski definition) is 5. The largest absolute Gasteiger partial charge is 0.461 e. The van der Waals surface area contributed by atoms with E-state index < -0.39 is 17.7 Å². The van der Waals surface area contributed by atoms with Crippen LogP contribution in [0.4, 0.5) is 0 Å². The number of esters is 1. The van der Waals surface area contributed by atoms with Crippen LogP contribution in [-0.4, -0.2) is 16.9 Å². The van der Waals surface area contributed by atoms with Crippen LogP contribution in [0.3, 0.4) is 0 Å². The number of benzene rings is 1. The zero-order valence-corrected chi connectivity index (χ0v) is 12.2. The maximum absolute atomic E-state index is 12.5. The molecule has 0 bridgehead atoms. The molecule has 22 heavy (non-hydrogen) atoms. The van der Waals surface area contributed by atoms with Gasteiger partial charge in [-0.1, -0.05) is 12.1 Å². The Labute approximate surface area is 127 Å². The van der Waals surface area contributed by atoms with Crippen LogP contribution in [0.15, 0.2) is 35.6 Å². The van der Waals surface area contributed by atoms with Gasteiger partial charge in [0.15, 0.2) is 5.78 Å². The van der Waals surface area contributed by atoms with Gasteiger partial charge in [0.25, 0.3) is 5.79 Å². The fourth-order valence-electron chi connectivity index (χ4n) is 3.95. The topological polar surface area (TPSA) is 72.8 Å². The minimum Gasteiger partial charge on any atom is -0.461 e. The van der Waals surface area contributed by atoms with Gasteiger partial charge in [0.05, 0.1) is 5.56 Å². The number of rotatable bonds is 0. The van der Waals surface area contributed by atoms with Crippen molar-refractivity contribution in [3.05, 3.63) is 41.2 Å². The fraction of sp³-hybridized carbons (Fsp3) is 0.412. The first-order valence-electron chi connectivity index (χ1n) is 7.49. The van der Waals surface area contributed by atoms with Gasteiger partial charge < -0.3 is 14.6 Å². The molecule has 1 aromatic carbocycles. The van der Waals surface area contributed by atoms with Gasteiger partial charge >= 0.3 is 5.97 Å². The normalized spacial score (nSPS) is 33.4. The summed E-state index contributed by atoms with van der Waals surface area (Å²) >= 11 is 0. The first-order chi connectivity index (χ1) is 10.5. The predicted octanol–water partition coefficient (Wildman–Crippen LogP) is 2.04. The minimum atomic E-state index is -1.76. The van der Waals surface area contributed by atoms with Gasteiger partial charge in [0.2, 0.25) is 0 Å². The molecule has 0 unspecified atom stereocenters. The molecule has 1 fully saturated rings. The highest BCUT2D eigenvalue weighted by molar-refractivity contribution is 5.98. The second-order valence-corrected chi connectivity index (χ2v) is 6.09. The summed E-state index contributed by atoms with van der Waals surface area (Å²) in [5.74, 6) is -2.82. The molecular formula is C17H16O5. The second kappa shape index (κ2) is 4.43. The lowest BCUT2D eigenvalue weighted by Gasteiger charge is -2.47. The molecule has 1 saturated carbocycles. The van der Waals surface area contributed by atoms with Crippen LogP contribution < -0.4 is 4.74 Å². The van der Waals surface area contributed by atoms with Crippen molar-refractivity contribution < 1.29 is 24.2 Å². The summed E-state index contributed by atoms with van der Waals surface area (Å²) in [6.07, 6.45) is 1.84. The summed E-state index contributed by atoms with van der Waals surface area (Å²) in [7, 11) is 0. The monoisotopic (exact) mass is 300 g/mol. The van der Waals surface area contributed by atoms with E-state index in [1.54, 1.807) is 31.2 Å². The fourth-order valence-corrected chi connectivity index (χ4v) is 3.95. The molecule has 1 aliphatic carbocycles. The zero-order chi connectivity index (χ0) is 15.5. The lowest BCUT2D eigenvalue weighted by molar-refractivity contribution is -0.252. The molecular weight excluding hydrogens is 284 g/mol. The van der Waals surface area contributed by atoms with E-state index >= 15 is 0 Å². The average molecular weight is 300 g/mol. The van der Waals surface area contributed by atoms with Crippen molar-refractivity contribution in [2.45, 2.75) is 32.0 Å². The van der Waals surface area contributed by atoms with Crippen molar-refractivity contribution in [3.8, 4) is 5.75 Å². The van der Waals surface area contributed by atoms with Gasteiger partial charge in [0, 0.05) is 17.9 Å². The van der Waals surface area contributed by atoms with Gasteiger partial charge in [-0.15, -0.1) is 0 Å². The van der Waals surface area contributed by atoms with Crippen LogP contribution in [-0.2, 0) is 20.1 Å². The number of ether oxygens (including phenoxy) is 2. The third-order valence-electron chi connectivity index (χ3n) is 4.84. The first-order valence-corrected chi connectivity index (χ1v) is 7.49. The highest BCUT2D eigenvalue weighted by Crippen LogP contribution is 2.53. The molecule has 1 aromatic rings. The number of ketones is 1. The number of para-hydroxylation sites is 1. The van der Waals surface area contributed by atoms with Crippen LogP contribution in [0.25, 0.3) is 0 Å². The van der Waals surface area contributed by atoms with Crippen LogP contribution >= 0.6 is 0 Å². The van der Waals surface area contributed by atoms with E-state index in [2.05, 4.69) is 0 Å². The van der Waals surface area contributed by atoms with Gasteiger partial charge in [-0.3, -0.25) is 9.59 Å². The van der Waals surface area contributed by atoms with Crippen molar-refractivity contribution >= 4 is 11.8 Å². The van der Waals surface area contributed by atoms with E-state index in [0.717, 1.165) is 0 Å². The number of aliphatic hydroxyl groups is 1. The summed E-state index contributed by atoms with van der Waals surface area (Å²) in [5, 5.41) is 11.1. The number of Topliss-reactive ketones (excluding diaryl/α,β-unsaturated/α-hetero) is 1. The third kappa shape index (κ3) is 1.63. The first kappa shape index (κ1) is 13.5. The van der Waals surface area contributed by atoms with Crippen molar-refractivity contribution in [2.24, 2.45) is 11.8 Å². The summed E-state index contributed by atoms with van der Waals surface area (Å²) in [6, 6.07) is 6.82. The van der Waals surface area contributed by atoms with Crippen LogP contribution in [0.2, 0.25) is 0 Å². The van der Waals surface area contributed by atoms with Crippen LogP contribution in [0, 0.1) is 11.8 Å². The van der Waals surface area contributed by atoms with E-state index in [0.29, 0.717) is 41.9 Å². The van der Waals surface area contributed by atoms with E-state index in [-0.39, 0.29) is 11.7 Å². The number of allylic oxidation sites excluding steroid dienone is 2. The highest BCUT2D eigenvalue weighted by atomic mass is 16.6. The van der Waals surface area contributed by atoms with Crippen LogP contribution in [0.5, 0.6) is 5.75 Å². The van der Waals surface area contributed by atoms with Crippen molar-refractivity contribution in [3.63, 3.8) is 0 Å². The minimum absolute atomic E-state index is 0.00228. The smallest absolute Gasteiger partial charge is 0.322 e. The Kier molecular flexibility index (Phi) is 2.72. The van der Waals surface area contributed by atoms with Gasteiger partial charge in [0.1, 0.15) is 17.4 Å². The Bertz CT molecular complexity index is 720. The SMILES string of the molecule is CC1=C2C(=O)CCC[C@H]2[C@@H]2C(=O)Oc3ccccc3[C@]2(O)O1. The molecule has 3 atom stereocenters. The van der Waals surface area contributed by atoms with Crippen molar-refractivity contribution in [1.82, 2.24) is 0 Å². The lowest BCUT2D eigenvalue weighted by Crippen LogP contribution is -2.54. The summed E-state index contributed by atoms with van der Waals surface area (Å²) in [5.41, 5.74) is 0.980. The van der Waals surface area contributed by atoms with Gasteiger partial charge in [-0.25, -0.2) is 0 Å². The number of hydrogen-bond donors (Lipinski definition) is 1. The third-order valence-corrected chi connectivity index (χ3v) is 4.84. The Balaban J connectivity index is 1.93. The van der Waals surface area contributed by atoms with E-state index in [1.165, 1.54) is 0 Å². The maximum Gasteiger partial charge on any atom is 0.322 e. The van der Waals surface area contributed by atoms with Gasteiger partial charge in [-0.05, 0) is 31.9 Å². The molecule has 114 valence electrons. The number of carbonyl (C=O) groups is 2. The Morgan fingerprint density at radius 1 is 1.27 bits per heavy atom. The second-order valence-electron chi connectivity index (χ2n) is 6.09. The molecule has 0 spiro atoms. The average Bonchev–Trinajstić information content (AvgIpc) is 2.46. The molecule has 0 amide bonds. The molecule has 5 nitrogen and oxygen atoms in total. The standard InChI is InChI=1S/C17H16O5/c1-9-14-10(5-4-7-12(14)18)15-16(19)21-13-8-3-2-6-11(13)17(15,20)22-9/h2-3,6,8,10,15,20H,4-5,7H2,1H3/t10-,15-,17+/m1/s1. The van der Waals surface area contributed by atoms with Crippen LogP contribution in [0.1, 0.15) is 31.7 Å². The highest BCUT2D eigenvalue weighted by Gasteiger charge is 2.59. The van der Waals surface area contributed by atoms with Crippen molar-refractivity contribution in [1.29, 1.82) is 0 Å². The predicted molar refractivity (Wildman–Crippen MR) is 75.6 cm³/mol. The molecule has 0 aromatic heterocycles. The number of carbonyl (C=O) groups excluding carboxylic acids is 2. The summed E-state index contributed by atoms with van der Waals surface area (Å²) in [4.78, 5) is 24.7. The molecule has 2 aliphatic heterocycles. The summed E-state index contributed by atoms with van der Waals surface area (Å²) in [6.45, 7) is 1.68. The molecule has 5 heteroatoms. The molecule has 0 saturated heterocycles. The van der Waals surface area contributed by atoms with Crippen molar-refractivity contribution in [2.75, 3.05) is 0 Å². The zero-order valence-electron chi connectivity index (χ0n) is 12.2. The molecule has 2 heterocycles. The lowest BCUT2D eigenvalue weighted by atomic mass is 9.68. The number of fused-ring (bicyclic) bond motifs is 5. The molecule has 0 radical (unpaired) electrons. The maximum atomic E-state index is 12.5. The molecule has 1 N–H and O–H groups in total. The van der Waals surface area contributed by atoms with Gasteiger partial charge in [-0.2, -0.15) is 0 Å². The van der Waals surface area contributed by atoms with E-state index in [4.69, 9.17) is 9.47 Å². The van der Waals surface area contributed by atoms with E-state index in [9.17, 15) is 14.7 Å². The Hall–Kier alpha value is -2.14. The molecule has 3 aliphatic rings. The Morgan fingerprint density at radius 2 is 2.05 bits per heavy atom.